The summed E-state index contributed by atoms with van der Waals surface area (Å²) in [7, 11) is 0. The monoisotopic (exact) mass is 456 g/mol. The van der Waals surface area contributed by atoms with E-state index in [9.17, 15) is 4.79 Å². The lowest BCUT2D eigenvalue weighted by molar-refractivity contribution is -0.118. The maximum Gasteiger partial charge on any atom is 0.245 e. The molecule has 3 aromatic heterocycles. The van der Waals surface area contributed by atoms with Gasteiger partial charge in [-0.1, -0.05) is 12.1 Å². The van der Waals surface area contributed by atoms with Gasteiger partial charge in [-0.15, -0.1) is 0 Å². The Morgan fingerprint density at radius 2 is 1.91 bits per heavy atom. The summed E-state index contributed by atoms with van der Waals surface area (Å²) in [5, 5.41) is 7.42. The van der Waals surface area contributed by atoms with E-state index in [-0.39, 0.29) is 11.9 Å². The molecule has 0 aliphatic rings. The Labute approximate surface area is 195 Å². The van der Waals surface area contributed by atoms with Gasteiger partial charge in [-0.3, -0.25) is 4.79 Å². The van der Waals surface area contributed by atoms with Gasteiger partial charge in [0.05, 0.1) is 6.33 Å². The quantitative estimate of drug-likeness (QED) is 0.240. The first-order valence-corrected chi connectivity index (χ1v) is 10.8. The molecule has 0 aliphatic carbocycles. The molecule has 34 heavy (non-hydrogen) atoms. The molecule has 1 amide bonds. The summed E-state index contributed by atoms with van der Waals surface area (Å²) in [6, 6.07) is 14.2. The van der Waals surface area contributed by atoms with E-state index in [4.69, 9.17) is 10.5 Å². The number of rotatable bonds is 8. The number of anilines is 3. The highest BCUT2D eigenvalue weighted by Gasteiger charge is 2.10. The van der Waals surface area contributed by atoms with E-state index < -0.39 is 0 Å². The minimum absolute atomic E-state index is 0.0215. The summed E-state index contributed by atoms with van der Waals surface area (Å²) in [4.78, 5) is 29.7. The van der Waals surface area contributed by atoms with Crippen LogP contribution in [0, 0.1) is 0 Å². The van der Waals surface area contributed by atoms with E-state index in [1.807, 2.05) is 42.6 Å². The number of aromatic amines is 2. The predicted molar refractivity (Wildman–Crippen MR) is 131 cm³/mol. The Balaban J connectivity index is 1.25. The lowest BCUT2D eigenvalue weighted by atomic mass is 10.1. The average molecular weight is 457 g/mol. The molecule has 0 bridgehead atoms. The number of hydrogen-bond donors (Lipinski definition) is 5. The molecule has 10 heteroatoms. The molecule has 10 nitrogen and oxygen atoms in total. The van der Waals surface area contributed by atoms with Gasteiger partial charge < -0.3 is 31.1 Å². The number of carbonyl (C=O) groups is 1. The molecule has 0 aliphatic heterocycles. The third-order valence-corrected chi connectivity index (χ3v) is 5.42. The van der Waals surface area contributed by atoms with Crippen molar-refractivity contribution in [3.05, 3.63) is 66.1 Å². The molecule has 0 unspecified atom stereocenters. The van der Waals surface area contributed by atoms with Gasteiger partial charge in [-0.2, -0.15) is 9.97 Å². The molecule has 0 spiro atoms. The molecule has 172 valence electrons. The number of amides is 1. The molecule has 3 heterocycles. The van der Waals surface area contributed by atoms with E-state index in [0.717, 1.165) is 39.8 Å². The maximum atomic E-state index is 11.1. The molecule has 0 saturated heterocycles. The third kappa shape index (κ3) is 4.60. The zero-order valence-electron chi connectivity index (χ0n) is 18.6. The molecule has 2 aromatic carbocycles. The van der Waals surface area contributed by atoms with Crippen LogP contribution >= 0.6 is 0 Å². The Kier molecular flexibility index (Phi) is 5.69. The number of nitrogens with two attached hydrogens (primary N) is 1. The summed E-state index contributed by atoms with van der Waals surface area (Å²) < 4.78 is 5.85. The fourth-order valence-electron chi connectivity index (χ4n) is 3.77. The van der Waals surface area contributed by atoms with Crippen molar-refractivity contribution in [2.45, 2.75) is 20.0 Å². The molecule has 5 rings (SSSR count). The minimum Gasteiger partial charge on any atom is -0.471 e. The van der Waals surface area contributed by atoms with E-state index in [1.165, 1.54) is 13.3 Å². The van der Waals surface area contributed by atoms with Crippen molar-refractivity contribution in [1.82, 2.24) is 30.2 Å². The van der Waals surface area contributed by atoms with Crippen molar-refractivity contribution in [2.24, 2.45) is 0 Å². The van der Waals surface area contributed by atoms with Gasteiger partial charge in [0, 0.05) is 41.9 Å². The molecule has 0 atom stereocenters. The fraction of sp³-hybridized carbons (Fsp3) is 0.167. The van der Waals surface area contributed by atoms with Gasteiger partial charge in [0.25, 0.3) is 0 Å². The van der Waals surface area contributed by atoms with Crippen LogP contribution in [0.25, 0.3) is 22.1 Å². The van der Waals surface area contributed by atoms with Crippen LogP contribution in [0.15, 0.2) is 55.0 Å². The Morgan fingerprint density at radius 1 is 1.09 bits per heavy atom. The van der Waals surface area contributed by atoms with Crippen LogP contribution in [0.2, 0.25) is 0 Å². The number of imidazole rings is 1. The van der Waals surface area contributed by atoms with Crippen LogP contribution in [0.3, 0.4) is 0 Å². The molecule has 0 radical (unpaired) electrons. The number of nitrogen functional groups attached to an aromatic ring is 1. The van der Waals surface area contributed by atoms with Crippen LogP contribution in [0.5, 0.6) is 5.88 Å². The zero-order valence-corrected chi connectivity index (χ0v) is 18.6. The van der Waals surface area contributed by atoms with Gasteiger partial charge in [0.2, 0.25) is 17.7 Å². The average Bonchev–Trinajstić information content (AvgIpc) is 3.45. The Bertz CT molecular complexity index is 1460. The molecule has 0 fully saturated rings. The van der Waals surface area contributed by atoms with Crippen molar-refractivity contribution in [1.29, 1.82) is 0 Å². The first-order chi connectivity index (χ1) is 16.5. The second kappa shape index (κ2) is 9.10. The van der Waals surface area contributed by atoms with E-state index >= 15 is 0 Å². The molecule has 6 N–H and O–H groups in total. The van der Waals surface area contributed by atoms with E-state index in [2.05, 4.69) is 41.6 Å². The van der Waals surface area contributed by atoms with Crippen molar-refractivity contribution in [3.8, 4) is 5.88 Å². The second-order valence-corrected chi connectivity index (χ2v) is 7.91. The van der Waals surface area contributed by atoms with Crippen LogP contribution in [-0.2, 0) is 17.8 Å². The van der Waals surface area contributed by atoms with Crippen molar-refractivity contribution >= 4 is 45.3 Å². The highest BCUT2D eigenvalue weighted by molar-refractivity contribution is 5.87. The van der Waals surface area contributed by atoms with Crippen LogP contribution in [0.1, 0.15) is 18.1 Å². The highest BCUT2D eigenvalue weighted by atomic mass is 16.5. The standard InChI is InChI=1S/C24H24N8O2/c1-14(33)26-9-8-16-11-27-20-7-6-18(10-19(16)20)30-17-4-2-15(3-5-17)12-34-23-21-22(29-13-28-21)31-24(25)32-23/h2-7,10-11,13,27,30H,8-9,12H2,1H3,(H,26,33)(H3,25,28,29,31,32). The van der Waals surface area contributed by atoms with Gasteiger partial charge in [-0.05, 0) is 47.9 Å². The highest BCUT2D eigenvalue weighted by Crippen LogP contribution is 2.26. The largest absolute Gasteiger partial charge is 0.471 e. The van der Waals surface area contributed by atoms with Crippen LogP contribution in [-0.4, -0.2) is 37.4 Å². The lowest BCUT2D eigenvalue weighted by Gasteiger charge is -2.10. The number of hydrogen-bond acceptors (Lipinski definition) is 7. The lowest BCUT2D eigenvalue weighted by Crippen LogP contribution is -2.22. The number of aromatic nitrogens is 5. The zero-order chi connectivity index (χ0) is 23.5. The molecular formula is C24H24N8O2. The smallest absolute Gasteiger partial charge is 0.245 e. The summed E-state index contributed by atoms with van der Waals surface area (Å²) >= 11 is 0. The van der Waals surface area contributed by atoms with Crippen molar-refractivity contribution in [3.63, 3.8) is 0 Å². The molecular weight excluding hydrogens is 432 g/mol. The van der Waals surface area contributed by atoms with Gasteiger partial charge in [-0.25, -0.2) is 4.98 Å². The Morgan fingerprint density at radius 3 is 2.74 bits per heavy atom. The third-order valence-electron chi connectivity index (χ3n) is 5.42. The van der Waals surface area contributed by atoms with Crippen LogP contribution < -0.4 is 21.1 Å². The SMILES string of the molecule is CC(=O)NCCc1c[nH]c2ccc(Nc3ccc(COc4nc(N)nc5nc[nH]c45)cc3)cc12. The summed E-state index contributed by atoms with van der Waals surface area (Å²) in [5.41, 5.74) is 12.0. The van der Waals surface area contributed by atoms with Gasteiger partial charge in [0.15, 0.2) is 5.65 Å². The molecule has 5 aromatic rings. The van der Waals surface area contributed by atoms with E-state index in [0.29, 0.717) is 30.2 Å². The Hall–Kier alpha value is -4.60. The van der Waals surface area contributed by atoms with Crippen molar-refractivity contribution in [2.75, 3.05) is 17.6 Å². The van der Waals surface area contributed by atoms with E-state index in [1.54, 1.807) is 0 Å². The normalized spacial score (nSPS) is 11.1. The maximum absolute atomic E-state index is 11.1. The summed E-state index contributed by atoms with van der Waals surface area (Å²) in [5.74, 6) is 0.468. The van der Waals surface area contributed by atoms with Gasteiger partial charge >= 0.3 is 0 Å². The summed E-state index contributed by atoms with van der Waals surface area (Å²) in [6.07, 6.45) is 4.29. The number of benzene rings is 2. The first kappa shape index (κ1) is 21.3. The summed E-state index contributed by atoms with van der Waals surface area (Å²) in [6.45, 7) is 2.47. The fourth-order valence-corrected chi connectivity index (χ4v) is 3.77. The van der Waals surface area contributed by atoms with Crippen LogP contribution in [0.4, 0.5) is 17.3 Å². The minimum atomic E-state index is -0.0215. The predicted octanol–water partition coefficient (Wildman–Crippen LogP) is 3.42. The topological polar surface area (TPSA) is 147 Å². The van der Waals surface area contributed by atoms with Crippen molar-refractivity contribution < 1.29 is 9.53 Å². The number of nitrogens with one attached hydrogen (secondary N) is 4. The van der Waals surface area contributed by atoms with Gasteiger partial charge in [0.1, 0.15) is 12.1 Å². The number of H-pyrrole nitrogens is 2. The second-order valence-electron chi connectivity index (χ2n) is 7.91. The first-order valence-electron chi connectivity index (χ1n) is 10.8. The number of nitrogens with zero attached hydrogens (tertiary/aromatic N) is 3. The number of ether oxygens (including phenoxy) is 1. The molecule has 0 saturated carbocycles. The number of carbonyl (C=O) groups excluding carboxylic acids is 1. The number of fused-ring (bicyclic) bond motifs is 2.